The number of ether oxygens (including phenoxy) is 2. The zero-order valence-electron chi connectivity index (χ0n) is 14.3. The molecule has 0 atom stereocenters. The Morgan fingerprint density at radius 1 is 1.27 bits per heavy atom. The standard InChI is InChI=1S/C17H17BrF3N3O2/c1-10(2)26-16-13(18)6-11(7-14(16)25-3)8-23-24-15-5-4-12(9-22-15)17(19,20)21/h4-10H,1-3H3,(H,22,24)/b23-8-. The average molecular weight is 432 g/mol. The van der Waals surface area contributed by atoms with E-state index in [0.29, 0.717) is 21.5 Å². The van der Waals surface area contributed by atoms with E-state index in [1.54, 1.807) is 12.1 Å². The molecule has 1 N–H and O–H groups in total. The Kier molecular flexibility index (Phi) is 6.47. The van der Waals surface area contributed by atoms with Crippen LogP contribution in [-0.2, 0) is 6.18 Å². The molecule has 0 unspecified atom stereocenters. The summed E-state index contributed by atoms with van der Waals surface area (Å²) >= 11 is 3.42. The van der Waals surface area contributed by atoms with Gasteiger partial charge in [0.2, 0.25) is 0 Å². The highest BCUT2D eigenvalue weighted by atomic mass is 79.9. The van der Waals surface area contributed by atoms with Crippen LogP contribution in [0, 0.1) is 0 Å². The monoisotopic (exact) mass is 431 g/mol. The van der Waals surface area contributed by atoms with Crippen LogP contribution >= 0.6 is 15.9 Å². The van der Waals surface area contributed by atoms with E-state index in [0.717, 1.165) is 12.3 Å². The number of anilines is 1. The number of hydrazone groups is 1. The van der Waals surface area contributed by atoms with Crippen LogP contribution in [0.5, 0.6) is 11.5 Å². The number of alkyl halides is 3. The first-order valence-corrected chi connectivity index (χ1v) is 8.36. The molecule has 0 radical (unpaired) electrons. The van der Waals surface area contributed by atoms with E-state index >= 15 is 0 Å². The molecule has 5 nitrogen and oxygen atoms in total. The van der Waals surface area contributed by atoms with E-state index < -0.39 is 11.7 Å². The molecule has 0 fully saturated rings. The first kappa shape index (κ1) is 20.0. The maximum atomic E-state index is 12.5. The van der Waals surface area contributed by atoms with E-state index in [-0.39, 0.29) is 11.9 Å². The molecule has 0 amide bonds. The molecular formula is C17H17BrF3N3O2. The molecule has 0 saturated carbocycles. The van der Waals surface area contributed by atoms with Crippen LogP contribution in [0.1, 0.15) is 25.0 Å². The van der Waals surface area contributed by atoms with E-state index in [1.807, 2.05) is 13.8 Å². The van der Waals surface area contributed by atoms with Gasteiger partial charge in [0.05, 0.1) is 29.5 Å². The van der Waals surface area contributed by atoms with Crippen LogP contribution in [0.4, 0.5) is 19.0 Å². The second kappa shape index (κ2) is 8.39. The van der Waals surface area contributed by atoms with Crippen LogP contribution in [-0.4, -0.2) is 24.4 Å². The summed E-state index contributed by atoms with van der Waals surface area (Å²) in [4.78, 5) is 3.68. The fourth-order valence-electron chi connectivity index (χ4n) is 1.97. The normalized spacial score (nSPS) is 11.8. The maximum Gasteiger partial charge on any atom is 0.417 e. The minimum Gasteiger partial charge on any atom is -0.493 e. The van der Waals surface area contributed by atoms with Gasteiger partial charge in [0, 0.05) is 6.20 Å². The van der Waals surface area contributed by atoms with Crippen LogP contribution in [0.3, 0.4) is 0 Å². The predicted octanol–water partition coefficient (Wildman–Crippen LogP) is 5.10. The molecule has 0 aliphatic heterocycles. The van der Waals surface area contributed by atoms with Crippen molar-refractivity contribution < 1.29 is 22.6 Å². The molecule has 0 saturated heterocycles. The smallest absolute Gasteiger partial charge is 0.417 e. The molecule has 2 aromatic rings. The van der Waals surface area contributed by atoms with Crippen molar-refractivity contribution in [2.45, 2.75) is 26.1 Å². The van der Waals surface area contributed by atoms with E-state index in [1.165, 1.54) is 19.4 Å². The molecular weight excluding hydrogens is 415 g/mol. The fraction of sp³-hybridized carbons (Fsp3) is 0.294. The Hall–Kier alpha value is -2.29. The number of aromatic nitrogens is 1. The molecule has 1 heterocycles. The van der Waals surface area contributed by atoms with Crippen molar-refractivity contribution in [3.8, 4) is 11.5 Å². The Morgan fingerprint density at radius 3 is 2.54 bits per heavy atom. The first-order chi connectivity index (χ1) is 12.2. The largest absolute Gasteiger partial charge is 0.493 e. The van der Waals surface area contributed by atoms with Crippen LogP contribution in [0.2, 0.25) is 0 Å². The zero-order chi connectivity index (χ0) is 19.3. The fourth-order valence-corrected chi connectivity index (χ4v) is 2.52. The summed E-state index contributed by atoms with van der Waals surface area (Å²) in [5.41, 5.74) is 2.46. The third-order valence-electron chi connectivity index (χ3n) is 3.09. The second-order valence-electron chi connectivity index (χ2n) is 5.50. The highest BCUT2D eigenvalue weighted by molar-refractivity contribution is 9.10. The summed E-state index contributed by atoms with van der Waals surface area (Å²) in [5.74, 6) is 1.30. The molecule has 0 spiro atoms. The summed E-state index contributed by atoms with van der Waals surface area (Å²) in [5, 5.41) is 3.97. The topological polar surface area (TPSA) is 55.7 Å². The SMILES string of the molecule is COc1cc(/C=N\Nc2ccc(C(F)(F)F)cn2)cc(Br)c1OC(C)C. The number of rotatable bonds is 6. The van der Waals surface area contributed by atoms with E-state index in [4.69, 9.17) is 9.47 Å². The Labute approximate surface area is 157 Å². The van der Waals surface area contributed by atoms with Crippen molar-refractivity contribution in [1.82, 2.24) is 4.98 Å². The van der Waals surface area contributed by atoms with Gasteiger partial charge in [0.15, 0.2) is 11.5 Å². The second-order valence-corrected chi connectivity index (χ2v) is 6.35. The molecule has 1 aromatic carbocycles. The number of hydrogen-bond acceptors (Lipinski definition) is 5. The van der Waals surface area contributed by atoms with Gasteiger partial charge in [-0.3, -0.25) is 5.43 Å². The number of nitrogens with one attached hydrogen (secondary N) is 1. The van der Waals surface area contributed by atoms with Crippen molar-refractivity contribution in [3.63, 3.8) is 0 Å². The van der Waals surface area contributed by atoms with Gasteiger partial charge in [-0.2, -0.15) is 18.3 Å². The number of pyridine rings is 1. The number of halogens is 4. The lowest BCUT2D eigenvalue weighted by atomic mass is 10.2. The highest BCUT2D eigenvalue weighted by Gasteiger charge is 2.30. The zero-order valence-corrected chi connectivity index (χ0v) is 15.9. The number of nitrogens with zero attached hydrogens (tertiary/aromatic N) is 2. The quantitative estimate of drug-likeness (QED) is 0.510. The summed E-state index contributed by atoms with van der Waals surface area (Å²) in [7, 11) is 1.53. The van der Waals surface area contributed by atoms with Gasteiger partial charge >= 0.3 is 6.18 Å². The van der Waals surface area contributed by atoms with Crippen LogP contribution < -0.4 is 14.9 Å². The maximum absolute atomic E-state index is 12.5. The molecule has 26 heavy (non-hydrogen) atoms. The lowest BCUT2D eigenvalue weighted by Gasteiger charge is -2.15. The number of methoxy groups -OCH3 is 1. The van der Waals surface area contributed by atoms with Crippen molar-refractivity contribution in [2.75, 3.05) is 12.5 Å². The van der Waals surface area contributed by atoms with E-state index in [2.05, 4.69) is 31.4 Å². The third kappa shape index (κ3) is 5.35. The minimum atomic E-state index is -4.42. The van der Waals surface area contributed by atoms with Gasteiger partial charge in [-0.15, -0.1) is 0 Å². The van der Waals surface area contributed by atoms with Gasteiger partial charge in [-0.05, 0) is 59.6 Å². The van der Waals surface area contributed by atoms with Gasteiger partial charge in [-0.1, -0.05) is 0 Å². The number of hydrogen-bond donors (Lipinski definition) is 1. The summed E-state index contributed by atoms with van der Waals surface area (Å²) in [6, 6.07) is 5.65. The first-order valence-electron chi connectivity index (χ1n) is 7.57. The average Bonchev–Trinajstić information content (AvgIpc) is 2.56. The molecule has 1 aromatic heterocycles. The van der Waals surface area contributed by atoms with Crippen molar-refractivity contribution in [1.29, 1.82) is 0 Å². The lowest BCUT2D eigenvalue weighted by molar-refractivity contribution is -0.137. The van der Waals surface area contributed by atoms with E-state index in [9.17, 15) is 13.2 Å². The predicted molar refractivity (Wildman–Crippen MR) is 96.9 cm³/mol. The Balaban J connectivity index is 2.12. The lowest BCUT2D eigenvalue weighted by Crippen LogP contribution is -2.07. The highest BCUT2D eigenvalue weighted by Crippen LogP contribution is 2.37. The van der Waals surface area contributed by atoms with Gasteiger partial charge in [-0.25, -0.2) is 4.98 Å². The molecule has 0 aliphatic carbocycles. The van der Waals surface area contributed by atoms with Gasteiger partial charge in [0.1, 0.15) is 5.82 Å². The molecule has 0 bridgehead atoms. The summed E-state index contributed by atoms with van der Waals surface area (Å²) in [6.07, 6.45) is -2.20. The molecule has 9 heteroatoms. The van der Waals surface area contributed by atoms with Crippen molar-refractivity contribution in [2.24, 2.45) is 5.10 Å². The summed E-state index contributed by atoms with van der Waals surface area (Å²) < 4.78 is 49.2. The third-order valence-corrected chi connectivity index (χ3v) is 3.68. The van der Waals surface area contributed by atoms with Crippen LogP contribution in [0.25, 0.3) is 0 Å². The van der Waals surface area contributed by atoms with Crippen LogP contribution in [0.15, 0.2) is 40.0 Å². The van der Waals surface area contributed by atoms with Crippen molar-refractivity contribution in [3.05, 3.63) is 46.1 Å². The van der Waals surface area contributed by atoms with Gasteiger partial charge < -0.3 is 9.47 Å². The van der Waals surface area contributed by atoms with Crippen molar-refractivity contribution >= 4 is 28.0 Å². The summed E-state index contributed by atoms with van der Waals surface area (Å²) in [6.45, 7) is 3.81. The van der Waals surface area contributed by atoms with Gasteiger partial charge in [0.25, 0.3) is 0 Å². The molecule has 0 aliphatic rings. The Bertz CT molecular complexity index is 778. The number of benzene rings is 1. The molecule has 2 rings (SSSR count). The molecule has 140 valence electrons. The minimum absolute atomic E-state index is 0.0212. The Morgan fingerprint density at radius 2 is 2.00 bits per heavy atom.